The second kappa shape index (κ2) is 9.21. The van der Waals surface area contributed by atoms with Crippen LogP contribution in [0.3, 0.4) is 0 Å². The lowest BCUT2D eigenvalue weighted by Crippen LogP contribution is -2.19. The van der Waals surface area contributed by atoms with E-state index in [1.165, 1.54) is 5.56 Å². The Morgan fingerprint density at radius 1 is 1.29 bits per heavy atom. The lowest BCUT2D eigenvalue weighted by molar-refractivity contribution is 0.411. The minimum absolute atomic E-state index is 0.191. The smallest absolute Gasteiger partial charge is 0.123 e. The molecule has 21 heavy (non-hydrogen) atoms. The molecule has 0 aliphatic heterocycles. The first kappa shape index (κ1) is 18.2. The van der Waals surface area contributed by atoms with Crippen LogP contribution in [0, 0.1) is 5.92 Å². The molecule has 0 fully saturated rings. The van der Waals surface area contributed by atoms with Crippen LogP contribution in [0.5, 0.6) is 5.75 Å². The second-order valence-electron chi connectivity index (χ2n) is 5.80. The van der Waals surface area contributed by atoms with Crippen LogP contribution in [-0.2, 0) is 23.1 Å². The molecule has 1 N–H and O–H groups in total. The molecule has 1 aromatic rings. The second-order valence-corrected chi connectivity index (χ2v) is 7.59. The third kappa shape index (κ3) is 5.79. The van der Waals surface area contributed by atoms with Gasteiger partial charge >= 0.3 is 0 Å². The van der Waals surface area contributed by atoms with Crippen molar-refractivity contribution >= 4 is 10.8 Å². The van der Waals surface area contributed by atoms with E-state index in [0.717, 1.165) is 30.8 Å². The SMILES string of the molecule is CCCNCc1ccc(OC)c(CS(=O)C(C)C(C)C)c1. The molecule has 120 valence electrons. The van der Waals surface area contributed by atoms with Gasteiger partial charge in [0.2, 0.25) is 0 Å². The molecule has 0 saturated carbocycles. The van der Waals surface area contributed by atoms with Gasteiger partial charge in [0.25, 0.3) is 0 Å². The minimum Gasteiger partial charge on any atom is -0.496 e. The van der Waals surface area contributed by atoms with Crippen molar-refractivity contribution in [3.63, 3.8) is 0 Å². The minimum atomic E-state index is -0.874. The molecule has 0 amide bonds. The summed E-state index contributed by atoms with van der Waals surface area (Å²) in [6.07, 6.45) is 1.12. The van der Waals surface area contributed by atoms with Crippen molar-refractivity contribution in [2.24, 2.45) is 5.92 Å². The summed E-state index contributed by atoms with van der Waals surface area (Å²) in [5, 5.41) is 3.58. The van der Waals surface area contributed by atoms with E-state index < -0.39 is 10.8 Å². The molecule has 2 atom stereocenters. The summed E-state index contributed by atoms with van der Waals surface area (Å²) < 4.78 is 17.8. The first-order valence-corrected chi connectivity index (χ1v) is 9.11. The number of rotatable bonds is 9. The highest BCUT2D eigenvalue weighted by molar-refractivity contribution is 7.84. The van der Waals surface area contributed by atoms with Gasteiger partial charge in [-0.25, -0.2) is 0 Å². The Hall–Kier alpha value is -0.870. The fraction of sp³-hybridized carbons (Fsp3) is 0.647. The average Bonchev–Trinajstić information content (AvgIpc) is 2.46. The Morgan fingerprint density at radius 3 is 2.57 bits per heavy atom. The zero-order valence-electron chi connectivity index (χ0n) is 13.9. The van der Waals surface area contributed by atoms with Gasteiger partial charge in [-0.15, -0.1) is 0 Å². The van der Waals surface area contributed by atoms with E-state index in [2.05, 4.69) is 45.1 Å². The van der Waals surface area contributed by atoms with Crippen molar-refractivity contribution in [2.75, 3.05) is 13.7 Å². The molecular weight excluding hydrogens is 282 g/mol. The standard InChI is InChI=1S/C17H29NO2S/c1-6-9-18-11-15-7-8-17(20-5)16(10-15)12-21(19)14(4)13(2)3/h7-8,10,13-14,18H,6,9,11-12H2,1-5H3. The summed E-state index contributed by atoms with van der Waals surface area (Å²) in [4.78, 5) is 0. The highest BCUT2D eigenvalue weighted by Crippen LogP contribution is 2.23. The third-order valence-corrected chi connectivity index (χ3v) is 5.72. The van der Waals surface area contributed by atoms with Gasteiger partial charge in [-0.1, -0.05) is 33.8 Å². The third-order valence-electron chi connectivity index (χ3n) is 3.75. The summed E-state index contributed by atoms with van der Waals surface area (Å²) in [7, 11) is 0.796. The van der Waals surface area contributed by atoms with Gasteiger partial charge in [-0.05, 0) is 36.6 Å². The maximum atomic E-state index is 12.4. The molecule has 0 bridgehead atoms. The van der Waals surface area contributed by atoms with Crippen molar-refractivity contribution in [3.05, 3.63) is 29.3 Å². The zero-order chi connectivity index (χ0) is 15.8. The van der Waals surface area contributed by atoms with Crippen molar-refractivity contribution < 1.29 is 8.95 Å². The topological polar surface area (TPSA) is 38.3 Å². The molecule has 1 rings (SSSR count). The Morgan fingerprint density at radius 2 is 2.00 bits per heavy atom. The lowest BCUT2D eigenvalue weighted by atomic mass is 10.1. The Labute approximate surface area is 131 Å². The summed E-state index contributed by atoms with van der Waals surface area (Å²) in [5.74, 6) is 1.81. The number of methoxy groups -OCH3 is 1. The van der Waals surface area contributed by atoms with E-state index in [1.807, 2.05) is 6.07 Å². The summed E-state index contributed by atoms with van der Waals surface area (Å²) in [6, 6.07) is 6.17. The molecule has 0 spiro atoms. The lowest BCUT2D eigenvalue weighted by Gasteiger charge is -2.17. The number of benzene rings is 1. The Bertz CT molecular complexity index is 460. The van der Waals surface area contributed by atoms with E-state index in [4.69, 9.17) is 4.74 Å². The van der Waals surface area contributed by atoms with Gasteiger partial charge in [0.15, 0.2) is 0 Å². The van der Waals surface area contributed by atoms with Crippen LogP contribution in [-0.4, -0.2) is 23.1 Å². The highest BCUT2D eigenvalue weighted by Gasteiger charge is 2.17. The molecule has 2 unspecified atom stereocenters. The number of ether oxygens (including phenoxy) is 1. The van der Waals surface area contributed by atoms with E-state index in [1.54, 1.807) is 7.11 Å². The van der Waals surface area contributed by atoms with Gasteiger partial charge in [0.05, 0.1) is 12.9 Å². The summed E-state index contributed by atoms with van der Waals surface area (Å²) in [6.45, 7) is 10.3. The molecule has 0 heterocycles. The Kier molecular flexibility index (Phi) is 7.97. The molecule has 0 aliphatic rings. The number of nitrogens with one attached hydrogen (secondary N) is 1. The highest BCUT2D eigenvalue weighted by atomic mass is 32.2. The van der Waals surface area contributed by atoms with Gasteiger partial charge in [0, 0.05) is 28.2 Å². The monoisotopic (exact) mass is 311 g/mol. The van der Waals surface area contributed by atoms with Crippen LogP contribution in [0.25, 0.3) is 0 Å². The van der Waals surface area contributed by atoms with Crippen LogP contribution in [0.1, 0.15) is 45.2 Å². The van der Waals surface area contributed by atoms with Crippen LogP contribution in [0.4, 0.5) is 0 Å². The van der Waals surface area contributed by atoms with Crippen LogP contribution in [0.15, 0.2) is 18.2 Å². The molecule has 0 aromatic heterocycles. The molecule has 3 nitrogen and oxygen atoms in total. The van der Waals surface area contributed by atoms with Crippen molar-refractivity contribution in [3.8, 4) is 5.75 Å². The predicted molar refractivity (Wildman–Crippen MR) is 91.1 cm³/mol. The number of hydrogen-bond acceptors (Lipinski definition) is 3. The maximum Gasteiger partial charge on any atom is 0.123 e. The molecule has 0 saturated heterocycles. The average molecular weight is 311 g/mol. The van der Waals surface area contributed by atoms with Gasteiger partial charge < -0.3 is 10.1 Å². The molecular formula is C17H29NO2S. The molecule has 4 heteroatoms. The fourth-order valence-corrected chi connectivity index (χ4v) is 3.45. The quantitative estimate of drug-likeness (QED) is 0.710. The van der Waals surface area contributed by atoms with Crippen molar-refractivity contribution in [1.29, 1.82) is 0 Å². The van der Waals surface area contributed by atoms with Crippen molar-refractivity contribution in [2.45, 2.75) is 51.7 Å². The van der Waals surface area contributed by atoms with Gasteiger partial charge in [0.1, 0.15) is 5.75 Å². The Balaban J connectivity index is 2.82. The predicted octanol–water partition coefficient (Wildman–Crippen LogP) is 3.49. The van der Waals surface area contributed by atoms with E-state index in [9.17, 15) is 4.21 Å². The molecule has 1 aromatic carbocycles. The normalized spacial score (nSPS) is 14.2. The van der Waals surface area contributed by atoms with Crippen LogP contribution in [0.2, 0.25) is 0 Å². The molecule has 0 radical (unpaired) electrons. The van der Waals surface area contributed by atoms with Crippen molar-refractivity contribution in [1.82, 2.24) is 5.32 Å². The maximum absolute atomic E-state index is 12.4. The zero-order valence-corrected chi connectivity index (χ0v) is 14.8. The van der Waals surface area contributed by atoms with E-state index in [-0.39, 0.29) is 5.25 Å². The number of hydrogen-bond donors (Lipinski definition) is 1. The first-order valence-electron chi connectivity index (χ1n) is 7.73. The summed E-state index contributed by atoms with van der Waals surface area (Å²) in [5.41, 5.74) is 2.26. The van der Waals surface area contributed by atoms with Gasteiger partial charge in [-0.3, -0.25) is 4.21 Å². The molecule has 0 aliphatic carbocycles. The van der Waals surface area contributed by atoms with E-state index in [0.29, 0.717) is 11.7 Å². The first-order chi connectivity index (χ1) is 9.99. The van der Waals surface area contributed by atoms with E-state index >= 15 is 0 Å². The fourth-order valence-electron chi connectivity index (χ4n) is 2.05. The van der Waals surface area contributed by atoms with Gasteiger partial charge in [-0.2, -0.15) is 0 Å². The largest absolute Gasteiger partial charge is 0.496 e. The van der Waals surface area contributed by atoms with Crippen LogP contribution >= 0.6 is 0 Å². The summed E-state index contributed by atoms with van der Waals surface area (Å²) >= 11 is 0. The van der Waals surface area contributed by atoms with Crippen LogP contribution < -0.4 is 10.1 Å².